The van der Waals surface area contributed by atoms with Gasteiger partial charge < -0.3 is 4.57 Å². The van der Waals surface area contributed by atoms with Gasteiger partial charge in [-0.05, 0) is 101 Å². The first-order chi connectivity index (χ1) is 24.7. The molecule has 0 saturated carbocycles. The fraction of sp³-hybridized carbons (Fsp3) is 0.0217. The predicted octanol–water partition coefficient (Wildman–Crippen LogP) is 11.6. The first-order valence-corrected chi connectivity index (χ1v) is 16.8. The van der Waals surface area contributed by atoms with Crippen LogP contribution in [0.5, 0.6) is 0 Å². The normalized spacial score (nSPS) is 11.3. The Balaban J connectivity index is 1.11. The van der Waals surface area contributed by atoms with E-state index in [1.54, 1.807) is 0 Å². The molecule has 0 aliphatic rings. The van der Waals surface area contributed by atoms with Crippen LogP contribution in [0.15, 0.2) is 176 Å². The fourth-order valence-electron chi connectivity index (χ4n) is 6.85. The molecule has 9 rings (SSSR count). The van der Waals surface area contributed by atoms with E-state index in [0.717, 1.165) is 67.1 Å². The first-order valence-electron chi connectivity index (χ1n) is 16.8. The number of hydrogen-bond donors (Lipinski definition) is 0. The number of rotatable bonds is 6. The summed E-state index contributed by atoms with van der Waals surface area (Å²) in [7, 11) is 0. The van der Waals surface area contributed by atoms with Crippen LogP contribution in [0, 0.1) is 6.92 Å². The molecule has 0 unspecified atom stereocenters. The van der Waals surface area contributed by atoms with Gasteiger partial charge in [0.1, 0.15) is 0 Å². The minimum atomic E-state index is 0.844. The van der Waals surface area contributed by atoms with Gasteiger partial charge in [0.25, 0.3) is 0 Å². The van der Waals surface area contributed by atoms with Crippen molar-refractivity contribution < 1.29 is 0 Å². The number of nitrogens with zero attached hydrogens (tertiary/aromatic N) is 4. The molecular formula is C46H32N4. The molecule has 0 fully saturated rings. The van der Waals surface area contributed by atoms with E-state index in [1.807, 2.05) is 42.9 Å². The summed E-state index contributed by atoms with van der Waals surface area (Å²) in [6, 6.07) is 55.7. The second-order valence-electron chi connectivity index (χ2n) is 12.7. The van der Waals surface area contributed by atoms with Gasteiger partial charge in [0.05, 0.1) is 28.1 Å². The third kappa shape index (κ3) is 5.43. The number of benzene rings is 5. The molecule has 4 heteroatoms. The lowest BCUT2D eigenvalue weighted by Crippen LogP contribution is -1.93. The van der Waals surface area contributed by atoms with Crippen molar-refractivity contribution in [2.45, 2.75) is 6.92 Å². The molecule has 0 aliphatic carbocycles. The summed E-state index contributed by atoms with van der Waals surface area (Å²) in [6.45, 7) is 2.12. The van der Waals surface area contributed by atoms with Crippen LogP contribution in [0.3, 0.4) is 0 Å². The predicted molar refractivity (Wildman–Crippen MR) is 206 cm³/mol. The maximum absolute atomic E-state index is 5.11. The van der Waals surface area contributed by atoms with Crippen LogP contribution < -0.4 is 0 Å². The van der Waals surface area contributed by atoms with Crippen molar-refractivity contribution in [3.63, 3.8) is 0 Å². The Morgan fingerprint density at radius 2 is 1.08 bits per heavy atom. The van der Waals surface area contributed by atoms with Gasteiger partial charge in [0, 0.05) is 40.6 Å². The van der Waals surface area contributed by atoms with E-state index in [2.05, 4.69) is 155 Å². The number of pyridine rings is 3. The molecule has 9 aromatic rings. The van der Waals surface area contributed by atoms with Crippen molar-refractivity contribution in [1.29, 1.82) is 0 Å². The summed E-state index contributed by atoms with van der Waals surface area (Å²) in [4.78, 5) is 14.2. The smallest absolute Gasteiger partial charge is 0.0899 e. The van der Waals surface area contributed by atoms with Gasteiger partial charge in [-0.3, -0.25) is 9.97 Å². The summed E-state index contributed by atoms with van der Waals surface area (Å²) in [5, 5.41) is 2.33. The Morgan fingerprint density at radius 1 is 0.420 bits per heavy atom. The Morgan fingerprint density at radius 3 is 1.88 bits per heavy atom. The van der Waals surface area contributed by atoms with Crippen molar-refractivity contribution in [3.05, 3.63) is 182 Å². The van der Waals surface area contributed by atoms with Gasteiger partial charge in [-0.15, -0.1) is 0 Å². The highest BCUT2D eigenvalue weighted by Crippen LogP contribution is 2.36. The maximum Gasteiger partial charge on any atom is 0.0899 e. The Hall–Kier alpha value is -6.65. The van der Waals surface area contributed by atoms with Crippen molar-refractivity contribution in [1.82, 2.24) is 19.5 Å². The number of hydrogen-bond acceptors (Lipinski definition) is 3. The van der Waals surface area contributed by atoms with Crippen LogP contribution in [0.25, 0.3) is 83.5 Å². The van der Waals surface area contributed by atoms with Gasteiger partial charge in [0.15, 0.2) is 0 Å². The molecule has 0 bridgehead atoms. The van der Waals surface area contributed by atoms with Crippen molar-refractivity contribution in [2.75, 3.05) is 0 Å². The molecule has 0 spiro atoms. The van der Waals surface area contributed by atoms with Crippen molar-refractivity contribution >= 4 is 21.8 Å². The molecule has 5 aromatic carbocycles. The number of aryl methyl sites for hydroxylation is 1. The van der Waals surface area contributed by atoms with Gasteiger partial charge >= 0.3 is 0 Å². The zero-order valence-electron chi connectivity index (χ0n) is 27.5. The van der Waals surface area contributed by atoms with Gasteiger partial charge in [-0.1, -0.05) is 103 Å². The van der Waals surface area contributed by atoms with Crippen molar-refractivity contribution in [3.8, 4) is 61.7 Å². The van der Waals surface area contributed by atoms with Crippen LogP contribution in [0.4, 0.5) is 0 Å². The van der Waals surface area contributed by atoms with E-state index in [1.165, 1.54) is 22.0 Å². The molecular weight excluding hydrogens is 609 g/mol. The second-order valence-corrected chi connectivity index (χ2v) is 12.7. The summed E-state index contributed by atoms with van der Waals surface area (Å²) >= 11 is 0. The SMILES string of the molecule is Cc1ccc(-n2c3ccncc3c3cc(-c4ccc(-c5cc(-c6cccc(-c7ccccc7)c6)nc(-c6ccccn6)c5)cc4)ccc32)cc1. The van der Waals surface area contributed by atoms with Gasteiger partial charge in [-0.2, -0.15) is 0 Å². The first kappa shape index (κ1) is 29.5. The lowest BCUT2D eigenvalue weighted by Gasteiger charge is -2.12. The zero-order chi connectivity index (χ0) is 33.4. The second kappa shape index (κ2) is 12.4. The minimum absolute atomic E-state index is 0.844. The summed E-state index contributed by atoms with van der Waals surface area (Å²) < 4.78 is 2.33. The van der Waals surface area contributed by atoms with Crippen LogP contribution in [-0.4, -0.2) is 19.5 Å². The molecule has 0 amide bonds. The quantitative estimate of drug-likeness (QED) is 0.182. The molecule has 236 valence electrons. The molecule has 0 atom stereocenters. The zero-order valence-corrected chi connectivity index (χ0v) is 27.5. The highest BCUT2D eigenvalue weighted by Gasteiger charge is 2.15. The molecule has 0 aliphatic heterocycles. The fourth-order valence-corrected chi connectivity index (χ4v) is 6.85. The van der Waals surface area contributed by atoms with E-state index >= 15 is 0 Å². The highest BCUT2D eigenvalue weighted by atomic mass is 15.0. The van der Waals surface area contributed by atoms with E-state index in [4.69, 9.17) is 4.98 Å². The molecule has 4 heterocycles. The monoisotopic (exact) mass is 640 g/mol. The lowest BCUT2D eigenvalue weighted by molar-refractivity contribution is 1.17. The largest absolute Gasteiger partial charge is 0.309 e. The molecule has 4 aromatic heterocycles. The van der Waals surface area contributed by atoms with Crippen LogP contribution >= 0.6 is 0 Å². The Kier molecular flexibility index (Phi) is 7.33. The average molecular weight is 641 g/mol. The molecule has 0 saturated heterocycles. The van der Waals surface area contributed by atoms with Crippen LogP contribution in [0.2, 0.25) is 0 Å². The standard InChI is InChI=1S/C46H32N4/c1-31-13-20-39(21-14-31)50-45-22-19-36(27-40(45)41-30-47-25-23-46(41)50)33-15-17-34(18-16-33)38-28-43(49-44(29-38)42-12-5-6-24-48-42)37-11-7-10-35(26-37)32-8-3-2-4-9-32/h2-30H,1H3. The van der Waals surface area contributed by atoms with Crippen LogP contribution in [0.1, 0.15) is 5.56 Å². The Labute approximate surface area is 291 Å². The summed E-state index contributed by atoms with van der Waals surface area (Å²) in [5.41, 5.74) is 15.3. The van der Waals surface area contributed by atoms with E-state index < -0.39 is 0 Å². The minimum Gasteiger partial charge on any atom is -0.309 e. The topological polar surface area (TPSA) is 43.6 Å². The number of aromatic nitrogens is 4. The maximum atomic E-state index is 5.11. The molecule has 0 radical (unpaired) electrons. The van der Waals surface area contributed by atoms with Gasteiger partial charge in [-0.25, -0.2) is 4.98 Å². The average Bonchev–Trinajstić information content (AvgIpc) is 3.52. The number of fused-ring (bicyclic) bond motifs is 3. The van der Waals surface area contributed by atoms with Crippen LogP contribution in [-0.2, 0) is 0 Å². The molecule has 4 nitrogen and oxygen atoms in total. The summed E-state index contributed by atoms with van der Waals surface area (Å²) in [5.74, 6) is 0. The summed E-state index contributed by atoms with van der Waals surface area (Å²) in [6.07, 6.45) is 5.67. The molecule has 0 N–H and O–H groups in total. The third-order valence-electron chi connectivity index (χ3n) is 9.43. The highest BCUT2D eigenvalue weighted by molar-refractivity contribution is 6.10. The lowest BCUT2D eigenvalue weighted by atomic mass is 9.96. The van der Waals surface area contributed by atoms with Gasteiger partial charge in [0.2, 0.25) is 0 Å². The third-order valence-corrected chi connectivity index (χ3v) is 9.43. The molecule has 50 heavy (non-hydrogen) atoms. The van der Waals surface area contributed by atoms with E-state index in [9.17, 15) is 0 Å². The van der Waals surface area contributed by atoms with E-state index in [0.29, 0.717) is 0 Å². The van der Waals surface area contributed by atoms with E-state index in [-0.39, 0.29) is 0 Å². The Bertz CT molecular complexity index is 2620. The van der Waals surface area contributed by atoms with Crippen molar-refractivity contribution in [2.24, 2.45) is 0 Å².